The average Bonchev–Trinajstić information content (AvgIpc) is 3.34. The van der Waals surface area contributed by atoms with E-state index in [1.807, 2.05) is 30.3 Å². The highest BCUT2D eigenvalue weighted by atomic mass is 19.4. The molecule has 9 heteroatoms. The van der Waals surface area contributed by atoms with E-state index < -0.39 is 34.2 Å². The molecule has 1 heterocycles. The standard InChI is InChI=1S/C27H27F3N2O4/c1-2-35-25(34)23-24(33)22(36-17-19-9-4-3-5-10-19)16-32(31-23)18-26(13-6-7-14-26)20-11-8-12-21(15-20)27(28,29)30/h3-5,8-12,15-16H,2,6-7,13-14,17-18H2,1H3. The lowest BCUT2D eigenvalue weighted by atomic mass is 9.78. The fourth-order valence-electron chi connectivity index (χ4n) is 4.69. The van der Waals surface area contributed by atoms with Crippen LogP contribution >= 0.6 is 0 Å². The van der Waals surface area contributed by atoms with E-state index in [-0.39, 0.29) is 25.5 Å². The van der Waals surface area contributed by atoms with E-state index in [1.54, 1.807) is 13.0 Å². The Morgan fingerprint density at radius 1 is 1.08 bits per heavy atom. The van der Waals surface area contributed by atoms with Crippen LogP contribution in [0, 0.1) is 0 Å². The lowest BCUT2D eigenvalue weighted by Crippen LogP contribution is -2.33. The minimum absolute atomic E-state index is 0.0588. The molecule has 0 unspecified atom stereocenters. The summed E-state index contributed by atoms with van der Waals surface area (Å²) < 4.78 is 52.5. The minimum Gasteiger partial charge on any atom is -0.483 e. The number of carbonyl (C=O) groups excluding carboxylic acids is 1. The Balaban J connectivity index is 1.72. The maximum absolute atomic E-state index is 13.4. The van der Waals surface area contributed by atoms with Crippen LogP contribution < -0.4 is 10.2 Å². The van der Waals surface area contributed by atoms with E-state index in [9.17, 15) is 22.8 Å². The number of rotatable bonds is 8. The summed E-state index contributed by atoms with van der Waals surface area (Å²) in [6.45, 7) is 1.96. The maximum atomic E-state index is 13.4. The second-order valence-corrected chi connectivity index (χ2v) is 8.93. The van der Waals surface area contributed by atoms with Gasteiger partial charge in [-0.05, 0) is 37.0 Å². The molecule has 3 aromatic rings. The van der Waals surface area contributed by atoms with Crippen molar-refractivity contribution in [3.05, 3.63) is 93.4 Å². The Labute approximate surface area is 206 Å². The lowest BCUT2D eigenvalue weighted by molar-refractivity contribution is -0.137. The van der Waals surface area contributed by atoms with E-state index in [1.165, 1.54) is 23.0 Å². The van der Waals surface area contributed by atoms with Gasteiger partial charge in [-0.2, -0.15) is 18.3 Å². The molecule has 0 saturated heterocycles. The van der Waals surface area contributed by atoms with Gasteiger partial charge >= 0.3 is 12.1 Å². The number of hydrogen-bond acceptors (Lipinski definition) is 5. The third-order valence-corrected chi connectivity index (χ3v) is 6.47. The van der Waals surface area contributed by atoms with E-state index in [0.29, 0.717) is 18.4 Å². The number of carbonyl (C=O) groups is 1. The minimum atomic E-state index is -4.46. The number of benzene rings is 2. The summed E-state index contributed by atoms with van der Waals surface area (Å²) in [6.07, 6.45) is -0.0478. The Morgan fingerprint density at radius 2 is 1.81 bits per heavy atom. The zero-order valence-electron chi connectivity index (χ0n) is 19.9. The summed E-state index contributed by atoms with van der Waals surface area (Å²) in [4.78, 5) is 25.5. The summed E-state index contributed by atoms with van der Waals surface area (Å²) in [5.41, 5.74) is -1.07. The molecule has 0 radical (unpaired) electrons. The summed E-state index contributed by atoms with van der Waals surface area (Å²) in [7, 11) is 0. The monoisotopic (exact) mass is 500 g/mol. The number of nitrogens with zero attached hydrogens (tertiary/aromatic N) is 2. The van der Waals surface area contributed by atoms with Crippen molar-refractivity contribution < 1.29 is 27.4 Å². The predicted molar refractivity (Wildman–Crippen MR) is 127 cm³/mol. The largest absolute Gasteiger partial charge is 0.483 e. The number of halogens is 3. The molecule has 0 atom stereocenters. The Kier molecular flexibility index (Phi) is 7.47. The van der Waals surface area contributed by atoms with Gasteiger partial charge in [0, 0.05) is 5.41 Å². The maximum Gasteiger partial charge on any atom is 0.416 e. The SMILES string of the molecule is CCOC(=O)c1nn(CC2(c3cccc(C(F)(F)F)c3)CCCC2)cc(OCc2ccccc2)c1=O. The van der Waals surface area contributed by atoms with E-state index in [0.717, 1.165) is 24.5 Å². The number of alkyl halides is 3. The fourth-order valence-corrected chi connectivity index (χ4v) is 4.69. The zero-order valence-corrected chi connectivity index (χ0v) is 19.9. The summed E-state index contributed by atoms with van der Waals surface area (Å²) in [5, 5.41) is 4.24. The fraction of sp³-hybridized carbons (Fsp3) is 0.370. The Hall–Kier alpha value is -3.62. The van der Waals surface area contributed by atoms with Gasteiger partial charge in [0.2, 0.25) is 5.69 Å². The van der Waals surface area contributed by atoms with Crippen LogP contribution in [0.2, 0.25) is 0 Å². The van der Waals surface area contributed by atoms with Crippen molar-refractivity contribution in [1.29, 1.82) is 0 Å². The van der Waals surface area contributed by atoms with Crippen molar-refractivity contribution in [3.63, 3.8) is 0 Å². The third-order valence-electron chi connectivity index (χ3n) is 6.47. The van der Waals surface area contributed by atoms with Gasteiger partial charge < -0.3 is 9.47 Å². The quantitative estimate of drug-likeness (QED) is 0.381. The van der Waals surface area contributed by atoms with Crippen LogP contribution in [-0.2, 0) is 29.5 Å². The highest BCUT2D eigenvalue weighted by Crippen LogP contribution is 2.44. The molecule has 1 aliphatic carbocycles. The molecular formula is C27H27F3N2O4. The molecular weight excluding hydrogens is 473 g/mol. The van der Waals surface area contributed by atoms with Crippen molar-refractivity contribution in [2.45, 2.75) is 57.3 Å². The first kappa shape index (κ1) is 25.5. The van der Waals surface area contributed by atoms with Crippen LogP contribution in [0.5, 0.6) is 5.75 Å². The van der Waals surface area contributed by atoms with Crippen molar-refractivity contribution in [3.8, 4) is 5.75 Å². The zero-order chi connectivity index (χ0) is 25.8. The van der Waals surface area contributed by atoms with E-state index in [2.05, 4.69) is 5.10 Å². The topological polar surface area (TPSA) is 70.4 Å². The van der Waals surface area contributed by atoms with Crippen LogP contribution in [0.1, 0.15) is 59.8 Å². The second-order valence-electron chi connectivity index (χ2n) is 8.93. The average molecular weight is 501 g/mol. The number of aromatic nitrogens is 2. The summed E-state index contributed by atoms with van der Waals surface area (Å²) in [6, 6.07) is 14.6. The molecule has 36 heavy (non-hydrogen) atoms. The van der Waals surface area contributed by atoms with Gasteiger partial charge in [-0.1, -0.05) is 61.4 Å². The van der Waals surface area contributed by atoms with Gasteiger partial charge in [-0.25, -0.2) is 4.79 Å². The molecule has 0 amide bonds. The molecule has 190 valence electrons. The van der Waals surface area contributed by atoms with Crippen LogP contribution in [0.15, 0.2) is 65.6 Å². The molecule has 0 aliphatic heterocycles. The van der Waals surface area contributed by atoms with Crippen LogP contribution in [0.4, 0.5) is 13.2 Å². The smallest absolute Gasteiger partial charge is 0.416 e. The highest BCUT2D eigenvalue weighted by Gasteiger charge is 2.39. The first-order valence-electron chi connectivity index (χ1n) is 11.9. The highest BCUT2D eigenvalue weighted by molar-refractivity contribution is 5.87. The Bertz CT molecular complexity index is 1270. The first-order valence-corrected chi connectivity index (χ1v) is 11.9. The molecule has 0 bridgehead atoms. The second kappa shape index (κ2) is 10.6. The van der Waals surface area contributed by atoms with Crippen molar-refractivity contribution >= 4 is 5.97 Å². The number of esters is 1. The lowest BCUT2D eigenvalue weighted by Gasteiger charge is -2.31. The van der Waals surface area contributed by atoms with Crippen molar-refractivity contribution in [1.82, 2.24) is 9.78 Å². The molecule has 0 spiro atoms. The third kappa shape index (κ3) is 5.61. The number of hydrogen-bond donors (Lipinski definition) is 0. The van der Waals surface area contributed by atoms with Gasteiger partial charge in [0.15, 0.2) is 5.75 Å². The first-order chi connectivity index (χ1) is 17.2. The molecule has 1 fully saturated rings. The van der Waals surface area contributed by atoms with E-state index in [4.69, 9.17) is 9.47 Å². The van der Waals surface area contributed by atoms with Gasteiger partial charge in [0.05, 0.1) is 24.9 Å². The molecule has 2 aromatic carbocycles. The normalized spacial score (nSPS) is 15.0. The predicted octanol–water partition coefficient (Wildman–Crippen LogP) is 5.53. The summed E-state index contributed by atoms with van der Waals surface area (Å²) >= 11 is 0. The Morgan fingerprint density at radius 3 is 2.47 bits per heavy atom. The van der Waals surface area contributed by atoms with Crippen molar-refractivity contribution in [2.24, 2.45) is 0 Å². The van der Waals surface area contributed by atoms with Crippen molar-refractivity contribution in [2.75, 3.05) is 6.61 Å². The van der Waals surface area contributed by atoms with Crippen LogP contribution in [-0.4, -0.2) is 22.4 Å². The summed E-state index contributed by atoms with van der Waals surface area (Å²) in [5.74, 6) is -0.949. The molecule has 6 nitrogen and oxygen atoms in total. The van der Waals surface area contributed by atoms with Gasteiger partial charge in [0.25, 0.3) is 5.43 Å². The molecule has 1 aromatic heterocycles. The molecule has 1 saturated carbocycles. The van der Waals surface area contributed by atoms with Crippen LogP contribution in [0.25, 0.3) is 0 Å². The van der Waals surface area contributed by atoms with Crippen LogP contribution in [0.3, 0.4) is 0 Å². The van der Waals surface area contributed by atoms with Gasteiger partial charge in [-0.15, -0.1) is 0 Å². The van der Waals surface area contributed by atoms with Gasteiger partial charge in [0.1, 0.15) is 6.61 Å². The number of ether oxygens (including phenoxy) is 2. The van der Waals surface area contributed by atoms with E-state index >= 15 is 0 Å². The molecule has 1 aliphatic rings. The molecule has 4 rings (SSSR count). The van der Waals surface area contributed by atoms with Gasteiger partial charge in [-0.3, -0.25) is 9.48 Å². The molecule has 0 N–H and O–H groups in total.